The molecular formula is C16H20ClN5O2. The van der Waals surface area contributed by atoms with E-state index in [0.29, 0.717) is 16.3 Å². The largest absolute Gasteiger partial charge is 0.497 e. The molecule has 128 valence electrons. The van der Waals surface area contributed by atoms with E-state index >= 15 is 0 Å². The highest BCUT2D eigenvalue weighted by Crippen LogP contribution is 2.21. The second-order valence-corrected chi connectivity index (χ2v) is 6.14. The number of benzene rings is 1. The molecule has 0 aliphatic carbocycles. The quantitative estimate of drug-likeness (QED) is 0.875. The summed E-state index contributed by atoms with van der Waals surface area (Å²) in [7, 11) is 1.54. The Morgan fingerprint density at radius 3 is 3.00 bits per heavy atom. The number of hydrogen-bond acceptors (Lipinski definition) is 5. The van der Waals surface area contributed by atoms with Gasteiger partial charge in [0, 0.05) is 36.6 Å². The van der Waals surface area contributed by atoms with E-state index in [0.717, 1.165) is 37.7 Å². The fourth-order valence-corrected chi connectivity index (χ4v) is 3.00. The Bertz CT molecular complexity index is 746. The van der Waals surface area contributed by atoms with Crippen molar-refractivity contribution in [3.05, 3.63) is 40.4 Å². The Labute approximate surface area is 145 Å². The maximum absolute atomic E-state index is 12.5. The summed E-state index contributed by atoms with van der Waals surface area (Å²) in [5, 5.41) is 15.2. The molecule has 1 amide bonds. The predicted molar refractivity (Wildman–Crippen MR) is 90.5 cm³/mol. The van der Waals surface area contributed by atoms with Gasteiger partial charge >= 0.3 is 0 Å². The van der Waals surface area contributed by atoms with Crippen LogP contribution in [0.3, 0.4) is 0 Å². The van der Waals surface area contributed by atoms with Crippen molar-refractivity contribution >= 4 is 17.5 Å². The molecule has 2 aromatic rings. The van der Waals surface area contributed by atoms with Crippen LogP contribution in [0.25, 0.3) is 0 Å². The summed E-state index contributed by atoms with van der Waals surface area (Å²) in [4.78, 5) is 12.5. The fraction of sp³-hybridized carbons (Fsp3) is 0.438. The summed E-state index contributed by atoms with van der Waals surface area (Å²) in [6, 6.07) is 4.66. The Kier molecular flexibility index (Phi) is 5.01. The number of nitrogens with zero attached hydrogens (tertiary/aromatic N) is 3. The first-order valence-corrected chi connectivity index (χ1v) is 8.24. The number of ether oxygens (including phenoxy) is 1. The molecule has 2 N–H and O–H groups in total. The zero-order chi connectivity index (χ0) is 17.1. The number of fused-ring (bicyclic) bond motifs is 1. The molecule has 1 aromatic carbocycles. The van der Waals surface area contributed by atoms with E-state index < -0.39 is 0 Å². The van der Waals surface area contributed by atoms with Gasteiger partial charge in [-0.05, 0) is 25.1 Å². The van der Waals surface area contributed by atoms with Gasteiger partial charge in [-0.25, -0.2) is 0 Å². The number of carbonyl (C=O) groups excluding carboxylic acids is 1. The van der Waals surface area contributed by atoms with Gasteiger partial charge < -0.3 is 19.9 Å². The van der Waals surface area contributed by atoms with E-state index in [-0.39, 0.29) is 11.9 Å². The van der Waals surface area contributed by atoms with Crippen LogP contribution in [0.5, 0.6) is 5.75 Å². The third-order valence-electron chi connectivity index (χ3n) is 4.00. The normalized spacial score (nSPS) is 15.3. The van der Waals surface area contributed by atoms with Crippen LogP contribution >= 0.6 is 11.6 Å². The van der Waals surface area contributed by atoms with Crippen LogP contribution in [0.2, 0.25) is 5.02 Å². The van der Waals surface area contributed by atoms with Crippen molar-refractivity contribution < 1.29 is 9.53 Å². The lowest BCUT2D eigenvalue weighted by atomic mass is 10.2. The lowest BCUT2D eigenvalue weighted by Gasteiger charge is -2.15. The summed E-state index contributed by atoms with van der Waals surface area (Å²) < 4.78 is 7.23. The van der Waals surface area contributed by atoms with E-state index in [2.05, 4.69) is 25.4 Å². The van der Waals surface area contributed by atoms with Gasteiger partial charge in [0.2, 0.25) is 0 Å². The molecule has 0 spiro atoms. The minimum Gasteiger partial charge on any atom is -0.497 e. The molecule has 0 saturated carbocycles. The molecule has 1 aliphatic rings. The maximum Gasteiger partial charge on any atom is 0.252 e. The van der Waals surface area contributed by atoms with E-state index in [1.54, 1.807) is 18.2 Å². The first-order valence-electron chi connectivity index (χ1n) is 7.86. The number of amides is 1. The first kappa shape index (κ1) is 16.7. The van der Waals surface area contributed by atoms with Gasteiger partial charge in [0.05, 0.1) is 13.2 Å². The summed E-state index contributed by atoms with van der Waals surface area (Å²) in [6.45, 7) is 4.45. The Balaban J connectivity index is 1.77. The predicted octanol–water partition coefficient (Wildman–Crippen LogP) is 1.58. The molecule has 0 bridgehead atoms. The van der Waals surface area contributed by atoms with Crippen molar-refractivity contribution in [1.82, 2.24) is 25.4 Å². The van der Waals surface area contributed by atoms with Gasteiger partial charge in [0.1, 0.15) is 11.6 Å². The average molecular weight is 350 g/mol. The van der Waals surface area contributed by atoms with Crippen molar-refractivity contribution in [1.29, 1.82) is 0 Å². The maximum atomic E-state index is 12.5. The van der Waals surface area contributed by atoms with Gasteiger partial charge in [0.25, 0.3) is 5.91 Å². The highest BCUT2D eigenvalue weighted by atomic mass is 35.5. The highest BCUT2D eigenvalue weighted by Gasteiger charge is 2.21. The molecule has 24 heavy (non-hydrogen) atoms. The Morgan fingerprint density at radius 1 is 1.38 bits per heavy atom. The number of aromatic nitrogens is 3. The lowest BCUT2D eigenvalue weighted by molar-refractivity contribution is 0.0937. The van der Waals surface area contributed by atoms with Crippen LogP contribution in [0.4, 0.5) is 0 Å². The van der Waals surface area contributed by atoms with Gasteiger partial charge in [0.15, 0.2) is 5.82 Å². The molecule has 1 atom stereocenters. The minimum atomic E-state index is -0.262. The van der Waals surface area contributed by atoms with Crippen LogP contribution in [0.15, 0.2) is 18.2 Å². The van der Waals surface area contributed by atoms with Crippen molar-refractivity contribution in [2.24, 2.45) is 0 Å². The fourth-order valence-electron chi connectivity index (χ4n) is 2.77. The number of nitrogens with one attached hydrogen (secondary N) is 2. The van der Waals surface area contributed by atoms with E-state index in [4.69, 9.17) is 16.3 Å². The summed E-state index contributed by atoms with van der Waals surface area (Å²) in [5.41, 5.74) is 0.448. The molecule has 8 heteroatoms. The topological polar surface area (TPSA) is 81.1 Å². The Hall–Kier alpha value is -2.12. The third kappa shape index (κ3) is 3.52. The SMILES string of the molecule is COc1cc(Cl)cc(C(=O)NC(C)c2nnc3n2CCNCC3)c1. The molecular weight excluding hydrogens is 330 g/mol. The van der Waals surface area contributed by atoms with Crippen molar-refractivity contribution in [3.8, 4) is 5.75 Å². The third-order valence-corrected chi connectivity index (χ3v) is 4.22. The van der Waals surface area contributed by atoms with Gasteiger partial charge in [-0.2, -0.15) is 0 Å². The van der Waals surface area contributed by atoms with E-state index in [1.807, 2.05) is 6.92 Å². The van der Waals surface area contributed by atoms with E-state index in [9.17, 15) is 4.79 Å². The molecule has 0 fully saturated rings. The van der Waals surface area contributed by atoms with Crippen LogP contribution in [-0.4, -0.2) is 40.9 Å². The molecule has 1 unspecified atom stereocenters. The number of hydrogen-bond donors (Lipinski definition) is 2. The zero-order valence-corrected chi connectivity index (χ0v) is 14.4. The minimum absolute atomic E-state index is 0.229. The van der Waals surface area contributed by atoms with Crippen molar-refractivity contribution in [2.45, 2.75) is 25.9 Å². The average Bonchev–Trinajstić information content (AvgIpc) is 2.83. The van der Waals surface area contributed by atoms with Gasteiger partial charge in [-0.15, -0.1) is 10.2 Å². The van der Waals surface area contributed by atoms with Crippen LogP contribution in [0.1, 0.15) is 35.0 Å². The van der Waals surface area contributed by atoms with Gasteiger partial charge in [-0.1, -0.05) is 11.6 Å². The molecule has 0 radical (unpaired) electrons. The monoisotopic (exact) mass is 349 g/mol. The standard InChI is InChI=1S/C16H20ClN5O2/c1-10(15-21-20-14-3-4-18-5-6-22(14)15)19-16(23)11-7-12(17)9-13(8-11)24-2/h7-10,18H,3-6H2,1-2H3,(H,19,23). The number of methoxy groups -OCH3 is 1. The summed E-state index contributed by atoms with van der Waals surface area (Å²) >= 11 is 6.03. The summed E-state index contributed by atoms with van der Waals surface area (Å²) in [6.07, 6.45) is 0.832. The van der Waals surface area contributed by atoms with Crippen LogP contribution in [0, 0.1) is 0 Å². The number of rotatable bonds is 4. The Morgan fingerprint density at radius 2 is 2.21 bits per heavy atom. The lowest BCUT2D eigenvalue weighted by Crippen LogP contribution is -2.29. The second-order valence-electron chi connectivity index (χ2n) is 5.70. The molecule has 7 nitrogen and oxygen atoms in total. The van der Waals surface area contributed by atoms with Crippen LogP contribution < -0.4 is 15.4 Å². The molecule has 0 saturated heterocycles. The number of halogens is 1. The second kappa shape index (κ2) is 7.19. The van der Waals surface area contributed by atoms with Gasteiger partial charge in [-0.3, -0.25) is 4.79 Å². The smallest absolute Gasteiger partial charge is 0.252 e. The molecule has 2 heterocycles. The number of carbonyl (C=O) groups is 1. The highest BCUT2D eigenvalue weighted by molar-refractivity contribution is 6.31. The van der Waals surface area contributed by atoms with Crippen molar-refractivity contribution in [3.63, 3.8) is 0 Å². The zero-order valence-electron chi connectivity index (χ0n) is 13.7. The molecule has 3 rings (SSSR count). The molecule has 1 aromatic heterocycles. The first-order chi connectivity index (χ1) is 11.6. The van der Waals surface area contributed by atoms with Crippen LogP contribution in [-0.2, 0) is 13.0 Å². The summed E-state index contributed by atoms with van der Waals surface area (Å²) in [5.74, 6) is 2.02. The molecule has 1 aliphatic heterocycles. The van der Waals surface area contributed by atoms with E-state index in [1.165, 1.54) is 7.11 Å². The van der Waals surface area contributed by atoms with Crippen molar-refractivity contribution in [2.75, 3.05) is 20.2 Å².